The minimum atomic E-state index is -0.834. The fourth-order valence-electron chi connectivity index (χ4n) is 4.20. The van der Waals surface area contributed by atoms with Crippen LogP contribution in [0.5, 0.6) is 0 Å². The van der Waals surface area contributed by atoms with E-state index >= 15 is 0 Å². The maximum absolute atomic E-state index is 13.0. The van der Waals surface area contributed by atoms with Crippen molar-refractivity contribution in [3.05, 3.63) is 18.7 Å². The van der Waals surface area contributed by atoms with Gasteiger partial charge in [-0.3, -0.25) is 9.59 Å². The minimum absolute atomic E-state index is 0.0252. The van der Waals surface area contributed by atoms with Crippen molar-refractivity contribution in [1.29, 1.82) is 0 Å². The number of rotatable bonds is 2. The van der Waals surface area contributed by atoms with Crippen molar-refractivity contribution in [2.75, 3.05) is 24.5 Å². The molecule has 0 aromatic carbocycles. The normalized spacial score (nSPS) is 33.0. The van der Waals surface area contributed by atoms with Gasteiger partial charge < -0.3 is 9.80 Å². The van der Waals surface area contributed by atoms with E-state index in [-0.39, 0.29) is 17.7 Å². The van der Waals surface area contributed by atoms with Crippen LogP contribution in [0.1, 0.15) is 32.1 Å². The Morgan fingerprint density at radius 2 is 1.96 bits per heavy atom. The average Bonchev–Trinajstić information content (AvgIpc) is 2.89. The highest BCUT2D eigenvalue weighted by Gasteiger charge is 2.51. The Hall–Kier alpha value is -2.05. The number of aromatic nitrogens is 2. The number of carbonyl (C=O) groups excluding carboxylic acids is 2. The van der Waals surface area contributed by atoms with Crippen LogP contribution in [0.2, 0.25) is 0 Å². The van der Waals surface area contributed by atoms with E-state index in [0.717, 1.165) is 19.3 Å². The summed E-state index contributed by atoms with van der Waals surface area (Å²) < 4.78 is 13.0. The van der Waals surface area contributed by atoms with E-state index in [1.54, 1.807) is 22.2 Å². The lowest BCUT2D eigenvalue weighted by atomic mass is 9.76. The van der Waals surface area contributed by atoms with Crippen LogP contribution in [0.4, 0.5) is 10.1 Å². The first-order valence-electron chi connectivity index (χ1n) is 8.59. The summed E-state index contributed by atoms with van der Waals surface area (Å²) in [5, 5.41) is 0. The molecule has 4 rings (SSSR count). The number of alkyl halides is 1. The average molecular weight is 332 g/mol. The molecule has 0 N–H and O–H groups in total. The van der Waals surface area contributed by atoms with Gasteiger partial charge in [0.15, 0.2) is 0 Å². The van der Waals surface area contributed by atoms with E-state index in [1.807, 2.05) is 0 Å². The summed E-state index contributed by atoms with van der Waals surface area (Å²) in [6.07, 6.45) is 6.93. The van der Waals surface area contributed by atoms with Gasteiger partial charge in [0.2, 0.25) is 11.8 Å². The SMILES string of the molecule is O=C(C1CC(F)C1)N1CCCC2(CCN(c3cncnc3)C2=O)C1. The summed E-state index contributed by atoms with van der Waals surface area (Å²) in [6, 6.07) is 0. The summed E-state index contributed by atoms with van der Waals surface area (Å²) >= 11 is 0. The van der Waals surface area contributed by atoms with Crippen molar-refractivity contribution in [2.24, 2.45) is 11.3 Å². The lowest BCUT2D eigenvalue weighted by molar-refractivity contribution is -0.146. The summed E-state index contributed by atoms with van der Waals surface area (Å²) in [4.78, 5) is 37.1. The molecule has 3 heterocycles. The molecule has 128 valence electrons. The molecule has 1 unspecified atom stereocenters. The molecular weight excluding hydrogens is 311 g/mol. The Balaban J connectivity index is 1.49. The van der Waals surface area contributed by atoms with Crippen LogP contribution < -0.4 is 4.90 Å². The third-order valence-corrected chi connectivity index (χ3v) is 5.69. The zero-order valence-electron chi connectivity index (χ0n) is 13.5. The number of amides is 2. The maximum Gasteiger partial charge on any atom is 0.235 e. The quantitative estimate of drug-likeness (QED) is 0.824. The smallest absolute Gasteiger partial charge is 0.235 e. The molecule has 2 saturated heterocycles. The molecule has 1 atom stereocenters. The van der Waals surface area contributed by atoms with Crippen LogP contribution in [-0.2, 0) is 9.59 Å². The Labute approximate surface area is 140 Å². The second-order valence-corrected chi connectivity index (χ2v) is 7.21. The highest BCUT2D eigenvalue weighted by molar-refractivity contribution is 6.00. The van der Waals surface area contributed by atoms with E-state index in [4.69, 9.17) is 0 Å². The molecule has 7 heteroatoms. The van der Waals surface area contributed by atoms with Crippen LogP contribution in [0.15, 0.2) is 18.7 Å². The predicted molar refractivity (Wildman–Crippen MR) is 84.9 cm³/mol. The van der Waals surface area contributed by atoms with Crippen molar-refractivity contribution >= 4 is 17.5 Å². The summed E-state index contributed by atoms with van der Waals surface area (Å²) in [5.41, 5.74) is 0.213. The van der Waals surface area contributed by atoms with Gasteiger partial charge in [0, 0.05) is 25.6 Å². The number of anilines is 1. The minimum Gasteiger partial charge on any atom is -0.341 e. The lowest BCUT2D eigenvalue weighted by Crippen LogP contribution is -2.52. The standard InChI is InChI=1S/C17H21FN4O2/c18-13-6-12(7-13)15(23)21-4-1-2-17(10-21)3-5-22(16(17)24)14-8-19-11-20-9-14/h8-9,11-13H,1-7,10H2. The molecule has 0 radical (unpaired) electrons. The fourth-order valence-corrected chi connectivity index (χ4v) is 4.20. The Kier molecular flexibility index (Phi) is 3.73. The number of halogens is 1. The van der Waals surface area contributed by atoms with Crippen molar-refractivity contribution < 1.29 is 14.0 Å². The van der Waals surface area contributed by atoms with E-state index in [0.29, 0.717) is 38.2 Å². The topological polar surface area (TPSA) is 66.4 Å². The van der Waals surface area contributed by atoms with Gasteiger partial charge in [0.25, 0.3) is 0 Å². The number of hydrogen-bond donors (Lipinski definition) is 0. The van der Waals surface area contributed by atoms with Crippen molar-refractivity contribution in [1.82, 2.24) is 14.9 Å². The molecule has 2 amide bonds. The third-order valence-electron chi connectivity index (χ3n) is 5.69. The van der Waals surface area contributed by atoms with E-state index in [1.165, 1.54) is 6.33 Å². The highest BCUT2D eigenvalue weighted by atomic mass is 19.1. The van der Waals surface area contributed by atoms with Gasteiger partial charge in [-0.25, -0.2) is 14.4 Å². The largest absolute Gasteiger partial charge is 0.341 e. The van der Waals surface area contributed by atoms with Crippen molar-refractivity contribution in [3.63, 3.8) is 0 Å². The van der Waals surface area contributed by atoms with Gasteiger partial charge >= 0.3 is 0 Å². The summed E-state index contributed by atoms with van der Waals surface area (Å²) in [6.45, 7) is 1.77. The molecular formula is C17H21FN4O2. The van der Waals surface area contributed by atoms with E-state index in [2.05, 4.69) is 9.97 Å². The maximum atomic E-state index is 13.0. The molecule has 24 heavy (non-hydrogen) atoms. The predicted octanol–water partition coefficient (Wildman–Crippen LogP) is 1.57. The van der Waals surface area contributed by atoms with E-state index in [9.17, 15) is 14.0 Å². The lowest BCUT2D eigenvalue weighted by Gasteiger charge is -2.42. The molecule has 6 nitrogen and oxygen atoms in total. The first-order chi connectivity index (χ1) is 11.6. The first-order valence-corrected chi connectivity index (χ1v) is 8.59. The molecule has 1 aromatic heterocycles. The van der Waals surface area contributed by atoms with Crippen LogP contribution in [0.3, 0.4) is 0 Å². The van der Waals surface area contributed by atoms with Gasteiger partial charge in [-0.2, -0.15) is 0 Å². The Morgan fingerprint density at radius 3 is 2.67 bits per heavy atom. The van der Waals surface area contributed by atoms with Gasteiger partial charge in [0.1, 0.15) is 12.5 Å². The first kappa shape index (κ1) is 15.5. The van der Waals surface area contributed by atoms with Crippen LogP contribution >= 0.6 is 0 Å². The molecule has 0 bridgehead atoms. The van der Waals surface area contributed by atoms with Crippen molar-refractivity contribution in [2.45, 2.75) is 38.3 Å². The van der Waals surface area contributed by atoms with E-state index < -0.39 is 11.6 Å². The molecule has 1 spiro atoms. The molecule has 1 aromatic rings. The van der Waals surface area contributed by atoms with Gasteiger partial charge in [-0.15, -0.1) is 0 Å². The Morgan fingerprint density at radius 1 is 1.21 bits per heavy atom. The summed E-state index contributed by atoms with van der Waals surface area (Å²) in [7, 11) is 0. The van der Waals surface area contributed by atoms with Gasteiger partial charge in [-0.05, 0) is 32.1 Å². The summed E-state index contributed by atoms with van der Waals surface area (Å²) in [5.74, 6) is -0.102. The molecule has 3 aliphatic rings. The molecule has 1 saturated carbocycles. The van der Waals surface area contributed by atoms with Crippen LogP contribution in [0.25, 0.3) is 0 Å². The fraction of sp³-hybridized carbons (Fsp3) is 0.647. The number of hydrogen-bond acceptors (Lipinski definition) is 4. The third kappa shape index (κ3) is 2.46. The van der Waals surface area contributed by atoms with Crippen molar-refractivity contribution in [3.8, 4) is 0 Å². The zero-order chi connectivity index (χ0) is 16.7. The zero-order valence-corrected chi connectivity index (χ0v) is 13.5. The number of nitrogens with zero attached hydrogens (tertiary/aromatic N) is 4. The molecule has 1 aliphatic carbocycles. The number of likely N-dealkylation sites (tertiary alicyclic amines) is 1. The van der Waals surface area contributed by atoms with Crippen LogP contribution in [0, 0.1) is 11.3 Å². The second-order valence-electron chi connectivity index (χ2n) is 7.21. The molecule has 3 fully saturated rings. The number of carbonyl (C=O) groups is 2. The second kappa shape index (κ2) is 5.79. The highest BCUT2D eigenvalue weighted by Crippen LogP contribution is 2.42. The Bertz CT molecular complexity index is 649. The van der Waals surface area contributed by atoms with Gasteiger partial charge in [-0.1, -0.05) is 0 Å². The number of piperidine rings is 1. The molecule has 2 aliphatic heterocycles. The monoisotopic (exact) mass is 332 g/mol. The van der Waals surface area contributed by atoms with Crippen LogP contribution in [-0.4, -0.2) is 52.5 Å². The van der Waals surface area contributed by atoms with Gasteiger partial charge in [0.05, 0.1) is 23.5 Å².